The van der Waals surface area contributed by atoms with E-state index in [4.69, 9.17) is 4.74 Å². The molecule has 0 amide bonds. The number of carbonyl (C=O) groups is 2. The summed E-state index contributed by atoms with van der Waals surface area (Å²) in [6.45, 7) is 3.66. The molecule has 0 aromatic heterocycles. The van der Waals surface area contributed by atoms with Gasteiger partial charge in [0.15, 0.2) is 5.12 Å². The zero-order chi connectivity index (χ0) is 8.97. The summed E-state index contributed by atoms with van der Waals surface area (Å²) < 4.78 is 4.80. The minimum atomic E-state index is -0.284. The molecule has 0 spiro atoms. The number of hydrogen-bond donors (Lipinski definition) is 0. The van der Waals surface area contributed by atoms with Gasteiger partial charge in [-0.25, -0.2) is 0 Å². The Balaban J connectivity index is 2.32. The van der Waals surface area contributed by atoms with E-state index in [0.29, 0.717) is 12.2 Å². The number of carbonyl (C=O) groups excluding carboxylic acids is 2. The van der Waals surface area contributed by atoms with Crippen molar-refractivity contribution in [1.82, 2.24) is 0 Å². The minimum absolute atomic E-state index is 0.0792. The lowest BCUT2D eigenvalue weighted by Gasteiger charge is -2.05. The summed E-state index contributed by atoms with van der Waals surface area (Å²) in [6.07, 6.45) is 1.84. The second kappa shape index (κ2) is 4.30. The van der Waals surface area contributed by atoms with Gasteiger partial charge in [0.25, 0.3) is 0 Å². The summed E-state index contributed by atoms with van der Waals surface area (Å²) in [6, 6.07) is 0. The van der Waals surface area contributed by atoms with Gasteiger partial charge in [0.1, 0.15) is 6.61 Å². The molecule has 1 rings (SSSR count). The SMILES string of the molecule is C=CCOC(=O)C1CSC(=O)C1. The summed E-state index contributed by atoms with van der Waals surface area (Å²) in [7, 11) is 0. The van der Waals surface area contributed by atoms with Gasteiger partial charge in [-0.2, -0.15) is 0 Å². The zero-order valence-corrected chi connectivity index (χ0v) is 7.43. The van der Waals surface area contributed by atoms with E-state index in [1.54, 1.807) is 0 Å². The van der Waals surface area contributed by atoms with Gasteiger partial charge in [-0.3, -0.25) is 9.59 Å². The molecule has 1 aliphatic rings. The molecule has 0 radical (unpaired) electrons. The van der Waals surface area contributed by atoms with Gasteiger partial charge in [-0.15, -0.1) is 0 Å². The van der Waals surface area contributed by atoms with Crippen LogP contribution in [0, 0.1) is 5.92 Å². The van der Waals surface area contributed by atoms with E-state index in [-0.39, 0.29) is 23.6 Å². The molecule has 0 aromatic rings. The maximum Gasteiger partial charge on any atom is 0.310 e. The highest BCUT2D eigenvalue weighted by molar-refractivity contribution is 8.14. The molecule has 1 aliphatic heterocycles. The molecule has 66 valence electrons. The summed E-state index contributed by atoms with van der Waals surface area (Å²) >= 11 is 1.20. The van der Waals surface area contributed by atoms with Crippen LogP contribution >= 0.6 is 11.8 Å². The number of rotatable bonds is 3. The van der Waals surface area contributed by atoms with Crippen LogP contribution in [0.3, 0.4) is 0 Å². The molecule has 0 saturated carbocycles. The van der Waals surface area contributed by atoms with Crippen LogP contribution in [0.4, 0.5) is 0 Å². The van der Waals surface area contributed by atoms with Crippen molar-refractivity contribution in [1.29, 1.82) is 0 Å². The quantitative estimate of drug-likeness (QED) is 0.487. The van der Waals surface area contributed by atoms with Gasteiger partial charge >= 0.3 is 5.97 Å². The lowest BCUT2D eigenvalue weighted by molar-refractivity contribution is -0.147. The first-order valence-corrected chi connectivity index (χ1v) is 4.65. The number of ether oxygens (including phenoxy) is 1. The van der Waals surface area contributed by atoms with Crippen LogP contribution in [0.5, 0.6) is 0 Å². The third-order valence-electron chi connectivity index (χ3n) is 1.54. The Kier molecular flexibility index (Phi) is 3.34. The Hall–Kier alpha value is -0.770. The van der Waals surface area contributed by atoms with Crippen molar-refractivity contribution < 1.29 is 14.3 Å². The smallest absolute Gasteiger partial charge is 0.310 e. The normalized spacial score (nSPS) is 22.3. The molecule has 0 aromatic carbocycles. The minimum Gasteiger partial charge on any atom is -0.461 e. The molecule has 3 nitrogen and oxygen atoms in total. The fourth-order valence-electron chi connectivity index (χ4n) is 0.923. The predicted octanol–water partition coefficient (Wildman–Crippen LogP) is 0.995. The first kappa shape index (κ1) is 9.32. The maximum absolute atomic E-state index is 11.1. The van der Waals surface area contributed by atoms with Gasteiger partial charge in [-0.05, 0) is 0 Å². The van der Waals surface area contributed by atoms with Crippen LogP contribution in [0.25, 0.3) is 0 Å². The molecule has 0 bridgehead atoms. The Morgan fingerprint density at radius 2 is 2.58 bits per heavy atom. The van der Waals surface area contributed by atoms with Crippen LogP contribution in [0.1, 0.15) is 6.42 Å². The highest BCUT2D eigenvalue weighted by Gasteiger charge is 2.29. The Bertz CT molecular complexity index is 212. The van der Waals surface area contributed by atoms with Crippen LogP contribution in [-0.2, 0) is 14.3 Å². The Morgan fingerprint density at radius 1 is 1.83 bits per heavy atom. The second-order valence-corrected chi connectivity index (χ2v) is 3.58. The van der Waals surface area contributed by atoms with Crippen LogP contribution in [-0.4, -0.2) is 23.4 Å². The average molecular weight is 186 g/mol. The standard InChI is InChI=1S/C8H10O3S/c1-2-3-11-8(10)6-4-7(9)12-5-6/h2,6H,1,3-5H2. The first-order valence-electron chi connectivity index (χ1n) is 3.67. The van der Waals surface area contributed by atoms with E-state index >= 15 is 0 Å². The molecule has 12 heavy (non-hydrogen) atoms. The summed E-state index contributed by atoms with van der Waals surface area (Å²) in [5, 5.41) is 0.0792. The highest BCUT2D eigenvalue weighted by Crippen LogP contribution is 2.25. The lowest BCUT2D eigenvalue weighted by Crippen LogP contribution is -2.17. The van der Waals surface area contributed by atoms with Crippen molar-refractivity contribution in [2.75, 3.05) is 12.4 Å². The zero-order valence-electron chi connectivity index (χ0n) is 6.62. The van der Waals surface area contributed by atoms with Crippen molar-refractivity contribution >= 4 is 22.8 Å². The van der Waals surface area contributed by atoms with E-state index in [0.717, 1.165) is 0 Å². The van der Waals surface area contributed by atoms with Crippen LogP contribution in [0.15, 0.2) is 12.7 Å². The number of thioether (sulfide) groups is 1. The van der Waals surface area contributed by atoms with Crippen LogP contribution in [0.2, 0.25) is 0 Å². The summed E-state index contributed by atoms with van der Waals surface area (Å²) in [5.74, 6) is 0.0464. The average Bonchev–Trinajstić information content (AvgIpc) is 2.47. The number of esters is 1. The topological polar surface area (TPSA) is 43.4 Å². The number of hydrogen-bond acceptors (Lipinski definition) is 4. The van der Waals surface area contributed by atoms with E-state index < -0.39 is 0 Å². The molecule has 1 fully saturated rings. The van der Waals surface area contributed by atoms with Crippen molar-refractivity contribution in [2.24, 2.45) is 5.92 Å². The first-order chi connectivity index (χ1) is 5.74. The van der Waals surface area contributed by atoms with Crippen molar-refractivity contribution in [3.05, 3.63) is 12.7 Å². The van der Waals surface area contributed by atoms with Gasteiger partial charge in [0, 0.05) is 12.2 Å². The van der Waals surface area contributed by atoms with Crippen molar-refractivity contribution in [3.8, 4) is 0 Å². The molecular weight excluding hydrogens is 176 g/mol. The molecule has 0 aliphatic carbocycles. The van der Waals surface area contributed by atoms with Gasteiger partial charge in [0.05, 0.1) is 5.92 Å². The largest absolute Gasteiger partial charge is 0.461 e. The van der Waals surface area contributed by atoms with Gasteiger partial charge in [-0.1, -0.05) is 24.4 Å². The lowest BCUT2D eigenvalue weighted by atomic mass is 10.1. The molecule has 1 saturated heterocycles. The van der Waals surface area contributed by atoms with E-state index in [9.17, 15) is 9.59 Å². The highest BCUT2D eigenvalue weighted by atomic mass is 32.2. The monoisotopic (exact) mass is 186 g/mol. The summed E-state index contributed by atoms with van der Waals surface area (Å²) in [5.41, 5.74) is 0. The fraction of sp³-hybridized carbons (Fsp3) is 0.500. The molecular formula is C8H10O3S. The van der Waals surface area contributed by atoms with E-state index in [1.165, 1.54) is 17.8 Å². The van der Waals surface area contributed by atoms with Crippen LogP contribution < -0.4 is 0 Å². The third-order valence-corrected chi connectivity index (χ3v) is 2.59. The molecule has 4 heteroatoms. The maximum atomic E-state index is 11.1. The van der Waals surface area contributed by atoms with E-state index in [1.807, 2.05) is 0 Å². The Labute approximate surface area is 75.2 Å². The van der Waals surface area contributed by atoms with Gasteiger partial charge in [0.2, 0.25) is 0 Å². The van der Waals surface area contributed by atoms with E-state index in [2.05, 4.69) is 6.58 Å². The van der Waals surface area contributed by atoms with Crippen molar-refractivity contribution in [2.45, 2.75) is 6.42 Å². The molecule has 0 N–H and O–H groups in total. The molecule has 1 heterocycles. The predicted molar refractivity (Wildman–Crippen MR) is 46.7 cm³/mol. The molecule has 1 unspecified atom stereocenters. The fourth-order valence-corrected chi connectivity index (χ4v) is 1.88. The molecule has 1 atom stereocenters. The second-order valence-electron chi connectivity index (χ2n) is 2.50. The third kappa shape index (κ3) is 2.37. The van der Waals surface area contributed by atoms with Crippen molar-refractivity contribution in [3.63, 3.8) is 0 Å². The van der Waals surface area contributed by atoms with Gasteiger partial charge < -0.3 is 4.74 Å². The Morgan fingerprint density at radius 3 is 3.08 bits per heavy atom. The summed E-state index contributed by atoms with van der Waals surface area (Å²) in [4.78, 5) is 21.9.